The van der Waals surface area contributed by atoms with Crippen LogP contribution in [-0.4, -0.2) is 68.7 Å². The summed E-state index contributed by atoms with van der Waals surface area (Å²) in [6, 6.07) is 13.9. The Hall–Kier alpha value is -1.93. The molecule has 1 fully saturated rings. The van der Waals surface area contributed by atoms with Gasteiger partial charge in [-0.2, -0.15) is 0 Å². The van der Waals surface area contributed by atoms with Crippen LogP contribution in [0.25, 0.3) is 0 Å². The molecule has 7 heteroatoms. The zero-order valence-electron chi connectivity index (χ0n) is 19.3. The van der Waals surface area contributed by atoms with E-state index in [1.165, 1.54) is 16.0 Å². The Morgan fingerprint density at radius 3 is 2.52 bits per heavy atom. The van der Waals surface area contributed by atoms with Crippen LogP contribution in [-0.2, 0) is 17.8 Å². The molecule has 1 saturated heterocycles. The number of thiophene rings is 1. The number of nitrogens with one attached hydrogen (secondary N) is 2. The first-order valence-electron chi connectivity index (χ1n) is 11.1. The van der Waals surface area contributed by atoms with Crippen molar-refractivity contribution in [1.29, 1.82) is 0 Å². The quantitative estimate of drug-likeness (QED) is 0.460. The molecule has 2 heterocycles. The second kappa shape index (κ2) is 12.2. The average Bonchev–Trinajstić information content (AvgIpc) is 3.32. The van der Waals surface area contributed by atoms with Gasteiger partial charge in [-0.15, -0.1) is 11.3 Å². The van der Waals surface area contributed by atoms with Crippen molar-refractivity contribution in [3.63, 3.8) is 0 Å². The highest BCUT2D eigenvalue weighted by Gasteiger charge is 2.23. The van der Waals surface area contributed by atoms with Gasteiger partial charge in [0.2, 0.25) is 0 Å². The molecule has 0 bridgehead atoms. The van der Waals surface area contributed by atoms with Gasteiger partial charge >= 0.3 is 0 Å². The molecule has 0 aliphatic carbocycles. The van der Waals surface area contributed by atoms with Gasteiger partial charge in [0.15, 0.2) is 5.96 Å². The molecule has 0 amide bonds. The van der Waals surface area contributed by atoms with Gasteiger partial charge in [0.25, 0.3) is 0 Å². The molecule has 2 aromatic rings. The van der Waals surface area contributed by atoms with E-state index in [0.717, 1.165) is 51.9 Å². The summed E-state index contributed by atoms with van der Waals surface area (Å²) in [5.74, 6) is 0.835. The Kier molecular flexibility index (Phi) is 9.33. The summed E-state index contributed by atoms with van der Waals surface area (Å²) in [5, 5.41) is 9.22. The van der Waals surface area contributed by atoms with Gasteiger partial charge in [-0.25, -0.2) is 0 Å². The van der Waals surface area contributed by atoms with Gasteiger partial charge in [-0.3, -0.25) is 14.8 Å². The molecular formula is C24H37N5OS. The molecule has 1 atom stereocenters. The van der Waals surface area contributed by atoms with Crippen LogP contribution in [0.5, 0.6) is 0 Å². The van der Waals surface area contributed by atoms with E-state index in [0.29, 0.717) is 12.1 Å². The summed E-state index contributed by atoms with van der Waals surface area (Å²) in [7, 11) is 4.01. The molecule has 0 saturated carbocycles. The number of rotatable bonds is 9. The van der Waals surface area contributed by atoms with Crippen LogP contribution in [0, 0.1) is 0 Å². The van der Waals surface area contributed by atoms with E-state index in [1.54, 1.807) is 0 Å². The predicted octanol–water partition coefficient (Wildman–Crippen LogP) is 3.33. The molecule has 1 aromatic heterocycles. The normalized spacial score (nSPS) is 16.6. The third-order valence-electron chi connectivity index (χ3n) is 5.91. The Bertz CT molecular complexity index is 802. The standard InChI is InChI=1S/C24H37N5OS/c1-19(2)28(4)18-21-9-6-5-8-20(21)16-26-24(25-3)27-17-22(23-10-7-15-31-23)29-11-13-30-14-12-29/h5-10,15,19,22H,11-14,16-18H2,1-4H3,(H2,25,26,27). The van der Waals surface area contributed by atoms with Crippen LogP contribution >= 0.6 is 11.3 Å². The van der Waals surface area contributed by atoms with Gasteiger partial charge < -0.3 is 15.4 Å². The number of morpholine rings is 1. The maximum absolute atomic E-state index is 5.56. The van der Waals surface area contributed by atoms with Crippen molar-refractivity contribution < 1.29 is 4.74 Å². The highest BCUT2D eigenvalue weighted by atomic mass is 32.1. The highest BCUT2D eigenvalue weighted by Crippen LogP contribution is 2.25. The fraction of sp³-hybridized carbons (Fsp3) is 0.542. The van der Waals surface area contributed by atoms with E-state index >= 15 is 0 Å². The van der Waals surface area contributed by atoms with Crippen molar-refractivity contribution in [2.45, 2.75) is 39.0 Å². The van der Waals surface area contributed by atoms with E-state index in [2.05, 4.69) is 88.1 Å². The minimum atomic E-state index is 0.328. The minimum Gasteiger partial charge on any atom is -0.379 e. The van der Waals surface area contributed by atoms with Gasteiger partial charge in [-0.1, -0.05) is 30.3 Å². The Labute approximate surface area is 191 Å². The molecule has 2 N–H and O–H groups in total. The minimum absolute atomic E-state index is 0.328. The van der Waals surface area contributed by atoms with Crippen LogP contribution in [0.1, 0.15) is 35.9 Å². The SMILES string of the molecule is CN=C(NCc1ccccc1CN(C)C(C)C)NCC(c1cccs1)N1CCOCC1. The largest absolute Gasteiger partial charge is 0.379 e. The maximum atomic E-state index is 5.56. The topological polar surface area (TPSA) is 52.1 Å². The molecule has 1 aliphatic rings. The van der Waals surface area contributed by atoms with E-state index < -0.39 is 0 Å². The van der Waals surface area contributed by atoms with Crippen molar-refractivity contribution >= 4 is 17.3 Å². The number of aliphatic imine (C=N–C) groups is 1. The van der Waals surface area contributed by atoms with E-state index in [4.69, 9.17) is 4.74 Å². The first-order valence-corrected chi connectivity index (χ1v) is 12.0. The fourth-order valence-corrected chi connectivity index (χ4v) is 4.57. The van der Waals surface area contributed by atoms with E-state index in [-0.39, 0.29) is 0 Å². The highest BCUT2D eigenvalue weighted by molar-refractivity contribution is 7.10. The van der Waals surface area contributed by atoms with Gasteiger partial charge in [0.1, 0.15) is 0 Å². The number of hydrogen-bond acceptors (Lipinski definition) is 5. The monoisotopic (exact) mass is 443 g/mol. The summed E-state index contributed by atoms with van der Waals surface area (Å²) in [6.07, 6.45) is 0. The Balaban J connectivity index is 1.59. The third kappa shape index (κ3) is 7.04. The molecule has 31 heavy (non-hydrogen) atoms. The second-order valence-electron chi connectivity index (χ2n) is 8.26. The van der Waals surface area contributed by atoms with E-state index in [1.807, 2.05) is 18.4 Å². The summed E-state index contributed by atoms with van der Waals surface area (Å²) >= 11 is 1.82. The maximum Gasteiger partial charge on any atom is 0.191 e. The fourth-order valence-electron chi connectivity index (χ4n) is 3.71. The summed E-state index contributed by atoms with van der Waals surface area (Å²) < 4.78 is 5.56. The number of benzene rings is 1. The van der Waals surface area contributed by atoms with Crippen molar-refractivity contribution in [3.8, 4) is 0 Å². The smallest absolute Gasteiger partial charge is 0.191 e. The number of guanidine groups is 1. The number of ether oxygens (including phenoxy) is 1. The second-order valence-corrected chi connectivity index (χ2v) is 9.24. The zero-order valence-corrected chi connectivity index (χ0v) is 20.1. The summed E-state index contributed by atoms with van der Waals surface area (Å²) in [6.45, 7) is 10.5. The molecule has 0 spiro atoms. The lowest BCUT2D eigenvalue weighted by molar-refractivity contribution is 0.0177. The van der Waals surface area contributed by atoms with Crippen LogP contribution in [0.4, 0.5) is 0 Å². The van der Waals surface area contributed by atoms with Gasteiger partial charge in [-0.05, 0) is 43.5 Å². The number of nitrogens with zero attached hydrogens (tertiary/aromatic N) is 3. The van der Waals surface area contributed by atoms with Gasteiger partial charge in [0, 0.05) is 50.7 Å². The molecular weight excluding hydrogens is 406 g/mol. The predicted molar refractivity (Wildman–Crippen MR) is 131 cm³/mol. The third-order valence-corrected chi connectivity index (χ3v) is 6.88. The molecule has 1 unspecified atom stereocenters. The summed E-state index contributed by atoms with van der Waals surface area (Å²) in [5.41, 5.74) is 2.66. The van der Waals surface area contributed by atoms with Crippen LogP contribution in [0.2, 0.25) is 0 Å². The lowest BCUT2D eigenvalue weighted by Gasteiger charge is -2.34. The first kappa shape index (κ1) is 23.7. The first-order chi connectivity index (χ1) is 15.1. The van der Waals surface area contributed by atoms with Crippen LogP contribution in [0.15, 0.2) is 46.8 Å². The lowest BCUT2D eigenvalue weighted by Crippen LogP contribution is -2.46. The van der Waals surface area contributed by atoms with Crippen molar-refractivity contribution in [2.75, 3.05) is 46.9 Å². The zero-order chi connectivity index (χ0) is 22.1. The molecule has 1 aromatic carbocycles. The Morgan fingerprint density at radius 2 is 1.87 bits per heavy atom. The van der Waals surface area contributed by atoms with Crippen molar-refractivity contribution in [1.82, 2.24) is 20.4 Å². The van der Waals surface area contributed by atoms with Gasteiger partial charge in [0.05, 0.1) is 19.3 Å². The number of hydrogen-bond donors (Lipinski definition) is 2. The molecule has 170 valence electrons. The van der Waals surface area contributed by atoms with Crippen molar-refractivity contribution in [3.05, 3.63) is 57.8 Å². The molecule has 0 radical (unpaired) electrons. The van der Waals surface area contributed by atoms with Crippen LogP contribution < -0.4 is 10.6 Å². The summed E-state index contributed by atoms with van der Waals surface area (Å²) in [4.78, 5) is 10.7. The molecule has 1 aliphatic heterocycles. The van der Waals surface area contributed by atoms with E-state index in [9.17, 15) is 0 Å². The molecule has 6 nitrogen and oxygen atoms in total. The lowest BCUT2D eigenvalue weighted by atomic mass is 10.1. The van der Waals surface area contributed by atoms with Crippen LogP contribution in [0.3, 0.4) is 0 Å². The molecule has 3 rings (SSSR count). The average molecular weight is 444 g/mol. The Morgan fingerprint density at radius 1 is 1.13 bits per heavy atom. The van der Waals surface area contributed by atoms with Crippen molar-refractivity contribution in [2.24, 2.45) is 4.99 Å².